The first-order valence-electron chi connectivity index (χ1n) is 11.1. The van der Waals surface area contributed by atoms with E-state index in [1.54, 1.807) is 0 Å². The molecule has 0 spiro atoms. The van der Waals surface area contributed by atoms with Crippen molar-refractivity contribution in [3.63, 3.8) is 0 Å². The van der Waals surface area contributed by atoms with Crippen molar-refractivity contribution in [3.05, 3.63) is 95.0 Å². The predicted molar refractivity (Wildman–Crippen MR) is 130 cm³/mol. The Hall–Kier alpha value is -2.49. The molecule has 4 rings (SSSR count). The van der Waals surface area contributed by atoms with Crippen LogP contribution in [0.5, 0.6) is 5.75 Å². The van der Waals surface area contributed by atoms with Gasteiger partial charge in [0.15, 0.2) is 0 Å². The van der Waals surface area contributed by atoms with Crippen LogP contribution in [-0.2, 0) is 6.54 Å². The van der Waals surface area contributed by atoms with E-state index in [1.165, 1.54) is 16.8 Å². The second kappa shape index (κ2) is 10.2. The van der Waals surface area contributed by atoms with Gasteiger partial charge in [0.2, 0.25) is 0 Å². The van der Waals surface area contributed by atoms with E-state index in [-0.39, 0.29) is 6.10 Å². The van der Waals surface area contributed by atoms with Gasteiger partial charge < -0.3 is 15.0 Å². The van der Waals surface area contributed by atoms with Crippen LogP contribution in [0.1, 0.15) is 30.9 Å². The van der Waals surface area contributed by atoms with Crippen LogP contribution >= 0.6 is 11.6 Å². The SMILES string of the molecule is CC(C)c1cccc(O[C@H]2CNC[C@@H]2CN(Cc2ccccc2)c2ccc(Cl)cc2)c1. The minimum atomic E-state index is 0.146. The van der Waals surface area contributed by atoms with Crippen molar-refractivity contribution in [1.29, 1.82) is 0 Å². The highest BCUT2D eigenvalue weighted by Gasteiger charge is 2.31. The van der Waals surface area contributed by atoms with Gasteiger partial charge >= 0.3 is 0 Å². The number of nitrogens with one attached hydrogen (secondary N) is 1. The quantitative estimate of drug-likeness (QED) is 0.461. The van der Waals surface area contributed by atoms with Crippen LogP contribution in [0.4, 0.5) is 5.69 Å². The minimum Gasteiger partial charge on any atom is -0.489 e. The van der Waals surface area contributed by atoms with Gasteiger partial charge in [-0.15, -0.1) is 0 Å². The van der Waals surface area contributed by atoms with E-state index in [4.69, 9.17) is 16.3 Å². The van der Waals surface area contributed by atoms with Crippen LogP contribution in [0.15, 0.2) is 78.9 Å². The summed E-state index contributed by atoms with van der Waals surface area (Å²) in [7, 11) is 0. The summed E-state index contributed by atoms with van der Waals surface area (Å²) in [6.07, 6.45) is 0.146. The zero-order valence-corrected chi connectivity index (χ0v) is 19.1. The third-order valence-electron chi connectivity index (χ3n) is 5.95. The Morgan fingerprint density at radius 1 is 0.968 bits per heavy atom. The van der Waals surface area contributed by atoms with E-state index in [2.05, 4.69) is 90.8 Å². The molecule has 1 saturated heterocycles. The zero-order chi connectivity index (χ0) is 21.6. The lowest BCUT2D eigenvalue weighted by molar-refractivity contribution is 0.175. The van der Waals surface area contributed by atoms with E-state index in [0.29, 0.717) is 11.8 Å². The van der Waals surface area contributed by atoms with E-state index in [0.717, 1.165) is 37.0 Å². The van der Waals surface area contributed by atoms with Crippen LogP contribution in [-0.4, -0.2) is 25.7 Å². The molecule has 3 aromatic rings. The monoisotopic (exact) mass is 434 g/mol. The largest absolute Gasteiger partial charge is 0.489 e. The topological polar surface area (TPSA) is 24.5 Å². The molecule has 1 N–H and O–H groups in total. The summed E-state index contributed by atoms with van der Waals surface area (Å²) in [4.78, 5) is 2.43. The Kier molecular flexibility index (Phi) is 7.16. The number of nitrogens with zero attached hydrogens (tertiary/aromatic N) is 1. The fraction of sp³-hybridized carbons (Fsp3) is 0.333. The fourth-order valence-corrected chi connectivity index (χ4v) is 4.28. The van der Waals surface area contributed by atoms with Crippen molar-refractivity contribution in [3.8, 4) is 5.75 Å². The molecule has 4 heteroatoms. The van der Waals surface area contributed by atoms with Gasteiger partial charge in [-0.05, 0) is 53.4 Å². The molecule has 0 radical (unpaired) electrons. The van der Waals surface area contributed by atoms with Gasteiger partial charge in [0, 0.05) is 42.8 Å². The molecule has 1 fully saturated rings. The van der Waals surface area contributed by atoms with Crippen molar-refractivity contribution in [2.45, 2.75) is 32.4 Å². The van der Waals surface area contributed by atoms with Gasteiger partial charge in [-0.2, -0.15) is 0 Å². The maximum atomic E-state index is 6.47. The van der Waals surface area contributed by atoms with Crippen molar-refractivity contribution >= 4 is 17.3 Å². The maximum absolute atomic E-state index is 6.47. The standard InChI is InChI=1S/C27H31ClN2O/c1-20(2)22-9-6-10-26(15-22)31-27-17-29-16-23(27)19-30(18-21-7-4-3-5-8-21)25-13-11-24(28)12-14-25/h3-15,20,23,27,29H,16-19H2,1-2H3/t23-,27+/m1/s1. The van der Waals surface area contributed by atoms with E-state index < -0.39 is 0 Å². The number of rotatable bonds is 8. The van der Waals surface area contributed by atoms with E-state index in [1.807, 2.05) is 12.1 Å². The van der Waals surface area contributed by atoms with Gasteiger partial charge in [0.05, 0.1) is 0 Å². The molecule has 1 aliphatic heterocycles. The number of hydrogen-bond donors (Lipinski definition) is 1. The summed E-state index contributed by atoms with van der Waals surface area (Å²) in [6.45, 7) is 8.02. The number of ether oxygens (including phenoxy) is 1. The summed E-state index contributed by atoms with van der Waals surface area (Å²) >= 11 is 6.15. The normalized spacial score (nSPS) is 18.3. The number of anilines is 1. The molecule has 1 heterocycles. The Labute approximate surface area is 191 Å². The molecule has 0 amide bonds. The Morgan fingerprint density at radius 3 is 2.48 bits per heavy atom. The summed E-state index contributed by atoms with van der Waals surface area (Å²) in [5, 5.41) is 4.30. The third-order valence-corrected chi connectivity index (χ3v) is 6.20. The molecule has 3 nitrogen and oxygen atoms in total. The second-order valence-electron chi connectivity index (χ2n) is 8.64. The van der Waals surface area contributed by atoms with Crippen molar-refractivity contribution in [2.24, 2.45) is 5.92 Å². The maximum Gasteiger partial charge on any atom is 0.120 e. The Morgan fingerprint density at radius 2 is 1.74 bits per heavy atom. The van der Waals surface area contributed by atoms with Crippen LogP contribution in [0, 0.1) is 5.92 Å². The molecule has 31 heavy (non-hydrogen) atoms. The molecular weight excluding hydrogens is 404 g/mol. The Bertz CT molecular complexity index is 958. The molecule has 0 saturated carbocycles. The second-order valence-corrected chi connectivity index (χ2v) is 9.08. The number of halogens is 1. The van der Waals surface area contributed by atoms with E-state index >= 15 is 0 Å². The molecule has 0 unspecified atom stereocenters. The fourth-order valence-electron chi connectivity index (χ4n) is 4.15. The summed E-state index contributed by atoms with van der Waals surface area (Å²) in [6, 6.07) is 27.3. The molecule has 0 aliphatic carbocycles. The smallest absolute Gasteiger partial charge is 0.120 e. The molecule has 2 atom stereocenters. The third kappa shape index (κ3) is 5.81. The Balaban J connectivity index is 1.51. The van der Waals surface area contributed by atoms with Gasteiger partial charge in [0.1, 0.15) is 11.9 Å². The molecule has 162 valence electrons. The lowest BCUT2D eigenvalue weighted by atomic mass is 10.0. The van der Waals surface area contributed by atoms with Crippen LogP contribution in [0.3, 0.4) is 0 Å². The van der Waals surface area contributed by atoms with Crippen LogP contribution in [0.2, 0.25) is 5.02 Å². The minimum absolute atomic E-state index is 0.146. The highest BCUT2D eigenvalue weighted by molar-refractivity contribution is 6.30. The van der Waals surface area contributed by atoms with Crippen molar-refractivity contribution in [1.82, 2.24) is 5.32 Å². The van der Waals surface area contributed by atoms with Gasteiger partial charge in [0.25, 0.3) is 0 Å². The lowest BCUT2D eigenvalue weighted by Crippen LogP contribution is -2.37. The molecule has 1 aliphatic rings. The van der Waals surface area contributed by atoms with Crippen LogP contribution in [0.25, 0.3) is 0 Å². The number of hydrogen-bond acceptors (Lipinski definition) is 3. The predicted octanol–water partition coefficient (Wildman–Crippen LogP) is 6.14. The first-order chi connectivity index (χ1) is 15.1. The highest BCUT2D eigenvalue weighted by Crippen LogP contribution is 2.26. The van der Waals surface area contributed by atoms with Gasteiger partial charge in [-0.3, -0.25) is 0 Å². The van der Waals surface area contributed by atoms with E-state index in [9.17, 15) is 0 Å². The molecule has 3 aromatic carbocycles. The summed E-state index contributed by atoms with van der Waals surface area (Å²) < 4.78 is 6.47. The first kappa shape index (κ1) is 21.7. The lowest BCUT2D eigenvalue weighted by Gasteiger charge is -2.30. The van der Waals surface area contributed by atoms with Crippen molar-refractivity contribution < 1.29 is 4.74 Å². The van der Waals surface area contributed by atoms with Crippen molar-refractivity contribution in [2.75, 3.05) is 24.5 Å². The average molecular weight is 435 g/mol. The van der Waals surface area contributed by atoms with Gasteiger partial charge in [-0.25, -0.2) is 0 Å². The first-order valence-corrected chi connectivity index (χ1v) is 11.5. The van der Waals surface area contributed by atoms with Crippen LogP contribution < -0.4 is 15.0 Å². The zero-order valence-electron chi connectivity index (χ0n) is 18.3. The molecular formula is C27H31ClN2O. The van der Waals surface area contributed by atoms with Gasteiger partial charge in [-0.1, -0.05) is 67.9 Å². The molecule has 0 bridgehead atoms. The summed E-state index contributed by atoms with van der Waals surface area (Å²) in [5.74, 6) is 1.85. The average Bonchev–Trinajstić information content (AvgIpc) is 3.21. The number of benzene rings is 3. The molecule has 0 aromatic heterocycles. The highest BCUT2D eigenvalue weighted by atomic mass is 35.5. The summed E-state index contributed by atoms with van der Waals surface area (Å²) in [5.41, 5.74) is 3.79.